The first-order valence-corrected chi connectivity index (χ1v) is 6.21. The Balaban J connectivity index is 2.19. The first kappa shape index (κ1) is 13.5. The van der Waals surface area contributed by atoms with Crippen LogP contribution in [-0.4, -0.2) is 42.4 Å². The third kappa shape index (κ3) is 2.28. The molecule has 6 heteroatoms. The van der Waals surface area contributed by atoms with Crippen molar-refractivity contribution in [1.82, 2.24) is 9.97 Å². The molecule has 1 fully saturated rings. The molecule has 1 aliphatic rings. The number of hydrogen-bond donors (Lipinski definition) is 1. The second-order valence-corrected chi connectivity index (χ2v) is 5.93. The van der Waals surface area contributed by atoms with Crippen molar-refractivity contribution in [3.8, 4) is 0 Å². The zero-order valence-electron chi connectivity index (χ0n) is 11.9. The van der Waals surface area contributed by atoms with E-state index in [0.717, 1.165) is 16.3 Å². The van der Waals surface area contributed by atoms with Crippen molar-refractivity contribution >= 4 is 18.5 Å². The lowest BCUT2D eigenvalue weighted by molar-refractivity contribution is -0.792. The van der Waals surface area contributed by atoms with Gasteiger partial charge in [0.1, 0.15) is 0 Å². The molecule has 98 valence electrons. The zero-order valence-corrected chi connectivity index (χ0v) is 11.9. The SMILES string of the molecule is C[NH+](C)c1ncc(B2OC(C)(C)C(C)(C)O2)cn1. The molecular weight excluding hydrogens is 229 g/mol. The van der Waals surface area contributed by atoms with Crippen LogP contribution >= 0.6 is 0 Å². The number of rotatable bonds is 2. The molecule has 1 saturated heterocycles. The molecule has 2 heterocycles. The van der Waals surface area contributed by atoms with E-state index in [1.54, 1.807) is 12.4 Å². The summed E-state index contributed by atoms with van der Waals surface area (Å²) in [5.74, 6) is 0.760. The quantitative estimate of drug-likeness (QED) is 0.722. The van der Waals surface area contributed by atoms with E-state index in [0.29, 0.717) is 0 Å². The smallest absolute Gasteiger partial charge is 0.399 e. The molecule has 0 radical (unpaired) electrons. The number of hydrogen-bond acceptors (Lipinski definition) is 4. The first-order valence-electron chi connectivity index (χ1n) is 6.21. The summed E-state index contributed by atoms with van der Waals surface area (Å²) >= 11 is 0. The Kier molecular flexibility index (Phi) is 3.21. The summed E-state index contributed by atoms with van der Waals surface area (Å²) in [4.78, 5) is 9.71. The minimum Gasteiger partial charge on any atom is -0.399 e. The van der Waals surface area contributed by atoms with Crippen molar-refractivity contribution in [3.05, 3.63) is 12.4 Å². The average Bonchev–Trinajstić information content (AvgIpc) is 2.48. The topological polar surface area (TPSA) is 48.7 Å². The lowest BCUT2D eigenvalue weighted by atomic mass is 9.81. The minimum atomic E-state index is -0.388. The van der Waals surface area contributed by atoms with Crippen LogP contribution in [0.1, 0.15) is 27.7 Å². The molecule has 1 aromatic rings. The van der Waals surface area contributed by atoms with Crippen LogP contribution in [0.25, 0.3) is 0 Å². The third-order valence-electron chi connectivity index (χ3n) is 3.64. The summed E-state index contributed by atoms with van der Waals surface area (Å²) in [5, 5.41) is 0. The molecule has 18 heavy (non-hydrogen) atoms. The molecule has 1 aromatic heterocycles. The van der Waals surface area contributed by atoms with E-state index in [1.165, 1.54) is 0 Å². The van der Waals surface area contributed by atoms with Gasteiger partial charge in [0.25, 0.3) is 0 Å². The minimum absolute atomic E-state index is 0.330. The molecule has 0 spiro atoms. The van der Waals surface area contributed by atoms with Crippen LogP contribution in [-0.2, 0) is 9.31 Å². The predicted octanol–water partition coefficient (Wildman–Crippen LogP) is -0.448. The molecule has 1 N–H and O–H groups in total. The van der Waals surface area contributed by atoms with Gasteiger partial charge >= 0.3 is 13.1 Å². The summed E-state index contributed by atoms with van der Waals surface area (Å²) in [7, 11) is 3.59. The van der Waals surface area contributed by atoms with Crippen molar-refractivity contribution in [2.24, 2.45) is 0 Å². The van der Waals surface area contributed by atoms with Crippen LogP contribution in [0, 0.1) is 0 Å². The van der Waals surface area contributed by atoms with Gasteiger partial charge in [-0.2, -0.15) is 9.97 Å². The van der Waals surface area contributed by atoms with E-state index in [4.69, 9.17) is 9.31 Å². The highest BCUT2D eigenvalue weighted by Crippen LogP contribution is 2.36. The van der Waals surface area contributed by atoms with Crippen LogP contribution in [0.3, 0.4) is 0 Å². The molecule has 0 aliphatic carbocycles. The third-order valence-corrected chi connectivity index (χ3v) is 3.64. The summed E-state index contributed by atoms with van der Waals surface area (Å²) in [6.45, 7) is 8.14. The van der Waals surface area contributed by atoms with Gasteiger partial charge in [-0.3, -0.25) is 4.90 Å². The van der Waals surface area contributed by atoms with Crippen molar-refractivity contribution < 1.29 is 14.2 Å². The van der Waals surface area contributed by atoms with Gasteiger partial charge < -0.3 is 9.31 Å². The van der Waals surface area contributed by atoms with E-state index in [9.17, 15) is 0 Å². The van der Waals surface area contributed by atoms with Crippen LogP contribution in [0.4, 0.5) is 5.95 Å². The highest BCUT2D eigenvalue weighted by atomic mass is 16.7. The average molecular weight is 250 g/mol. The Hall–Kier alpha value is -0.975. The van der Waals surface area contributed by atoms with Gasteiger partial charge in [0, 0.05) is 17.9 Å². The maximum Gasteiger partial charge on any atom is 0.498 e. The molecular formula is C12H21BN3O2+. The number of nitrogens with one attached hydrogen (secondary N) is 1. The van der Waals surface area contributed by atoms with Gasteiger partial charge in [-0.15, -0.1) is 0 Å². The zero-order chi connectivity index (χ0) is 13.6. The van der Waals surface area contributed by atoms with E-state index in [-0.39, 0.29) is 18.3 Å². The summed E-state index contributed by atoms with van der Waals surface area (Å²) in [5.41, 5.74) is 0.199. The lowest BCUT2D eigenvalue weighted by Crippen LogP contribution is -3.01. The Morgan fingerprint density at radius 2 is 1.44 bits per heavy atom. The Morgan fingerprint density at radius 3 is 1.83 bits per heavy atom. The molecule has 5 nitrogen and oxygen atoms in total. The van der Waals surface area contributed by atoms with Crippen LogP contribution in [0.5, 0.6) is 0 Å². The standard InChI is InChI=1S/C12H20BN3O2/c1-11(2)12(3,4)18-13(17-11)9-7-14-10(15-8-9)16(5)6/h7-8H,1-6H3/p+1. The van der Waals surface area contributed by atoms with Gasteiger partial charge in [-0.1, -0.05) is 0 Å². The molecule has 0 unspecified atom stereocenters. The van der Waals surface area contributed by atoms with Gasteiger partial charge in [-0.05, 0) is 27.7 Å². The molecule has 0 saturated carbocycles. The van der Waals surface area contributed by atoms with Crippen molar-refractivity contribution in [3.63, 3.8) is 0 Å². The van der Waals surface area contributed by atoms with Crippen molar-refractivity contribution in [2.75, 3.05) is 14.1 Å². The Labute approximate surface area is 109 Å². The summed E-state index contributed by atoms with van der Waals surface area (Å²) in [6.07, 6.45) is 3.55. The van der Waals surface area contributed by atoms with Gasteiger partial charge in [0.05, 0.1) is 25.3 Å². The lowest BCUT2D eigenvalue weighted by Gasteiger charge is -2.32. The van der Waals surface area contributed by atoms with E-state index in [1.807, 2.05) is 41.8 Å². The predicted molar refractivity (Wildman–Crippen MR) is 70.2 cm³/mol. The second kappa shape index (κ2) is 4.29. The highest BCUT2D eigenvalue weighted by molar-refractivity contribution is 6.61. The van der Waals surface area contributed by atoms with E-state index >= 15 is 0 Å². The number of nitrogens with zero attached hydrogens (tertiary/aromatic N) is 2. The Bertz CT molecular complexity index is 415. The highest BCUT2D eigenvalue weighted by Gasteiger charge is 2.51. The Morgan fingerprint density at radius 1 is 1.00 bits per heavy atom. The number of aromatic nitrogens is 2. The molecule has 1 aliphatic heterocycles. The molecule has 2 rings (SSSR count). The van der Waals surface area contributed by atoms with Gasteiger partial charge in [-0.25, -0.2) is 0 Å². The number of quaternary nitrogens is 1. The fourth-order valence-corrected chi connectivity index (χ4v) is 1.70. The van der Waals surface area contributed by atoms with E-state index in [2.05, 4.69) is 9.97 Å². The normalized spacial score (nSPS) is 21.6. The fraction of sp³-hybridized carbons (Fsp3) is 0.667. The monoisotopic (exact) mass is 250 g/mol. The van der Waals surface area contributed by atoms with E-state index < -0.39 is 0 Å². The van der Waals surface area contributed by atoms with Crippen LogP contribution < -0.4 is 10.4 Å². The van der Waals surface area contributed by atoms with Gasteiger partial charge in [0.2, 0.25) is 0 Å². The summed E-state index contributed by atoms with van der Waals surface area (Å²) < 4.78 is 11.9. The van der Waals surface area contributed by atoms with Crippen molar-refractivity contribution in [1.29, 1.82) is 0 Å². The maximum absolute atomic E-state index is 5.94. The first-order chi connectivity index (χ1) is 8.23. The molecule has 0 atom stereocenters. The molecule has 0 aromatic carbocycles. The van der Waals surface area contributed by atoms with Crippen LogP contribution in [0.15, 0.2) is 12.4 Å². The summed E-state index contributed by atoms with van der Waals surface area (Å²) in [6, 6.07) is 0. The van der Waals surface area contributed by atoms with Gasteiger partial charge in [0.15, 0.2) is 0 Å². The second-order valence-electron chi connectivity index (χ2n) is 5.93. The maximum atomic E-state index is 5.94. The largest absolute Gasteiger partial charge is 0.498 e. The molecule has 0 bridgehead atoms. The van der Waals surface area contributed by atoms with Crippen LogP contribution in [0.2, 0.25) is 0 Å². The van der Waals surface area contributed by atoms with Crippen molar-refractivity contribution in [2.45, 2.75) is 38.9 Å². The molecule has 0 amide bonds. The fourth-order valence-electron chi connectivity index (χ4n) is 1.70.